The van der Waals surface area contributed by atoms with E-state index in [1.807, 2.05) is 6.08 Å². The molecule has 0 saturated heterocycles. The molecular weight excluding hydrogens is 190 g/mol. The lowest BCUT2D eigenvalue weighted by Gasteiger charge is -2.17. The third kappa shape index (κ3) is 3.02. The average molecular weight is 209 g/mol. The molecule has 0 amide bonds. The predicted molar refractivity (Wildman–Crippen MR) is 67.1 cm³/mol. The Balaban J connectivity index is 2.75. The highest BCUT2D eigenvalue weighted by Crippen LogP contribution is 2.17. The van der Waals surface area contributed by atoms with Gasteiger partial charge < -0.3 is 0 Å². The van der Waals surface area contributed by atoms with Crippen LogP contribution in [-0.4, -0.2) is 11.1 Å². The maximum atomic E-state index is 4.63. The fraction of sp³-hybridized carbons (Fsp3) is 0.583. The van der Waals surface area contributed by atoms with Gasteiger partial charge in [-0.3, -0.25) is 4.99 Å². The molecule has 0 aromatic rings. The third-order valence-electron chi connectivity index (χ3n) is 2.42. The van der Waals surface area contributed by atoms with Crippen LogP contribution in [0.25, 0.3) is 0 Å². The summed E-state index contributed by atoms with van der Waals surface area (Å²) in [5.41, 5.74) is 1.17. The molecule has 0 radical (unpaired) electrons. The number of nitrogens with zero attached hydrogens (tertiary/aromatic N) is 1. The van der Waals surface area contributed by atoms with E-state index in [1.165, 1.54) is 5.71 Å². The van der Waals surface area contributed by atoms with Gasteiger partial charge in [-0.1, -0.05) is 39.0 Å². The second-order valence-electron chi connectivity index (χ2n) is 3.97. The zero-order chi connectivity index (χ0) is 10.6. The van der Waals surface area contributed by atoms with Gasteiger partial charge in [-0.15, -0.1) is 0 Å². The van der Waals surface area contributed by atoms with Gasteiger partial charge in [0.1, 0.15) is 0 Å². The van der Waals surface area contributed by atoms with E-state index in [2.05, 4.69) is 56.6 Å². The van der Waals surface area contributed by atoms with Crippen LogP contribution in [0, 0.1) is 11.8 Å². The van der Waals surface area contributed by atoms with Crippen LogP contribution in [0.5, 0.6) is 0 Å². The number of hydrogen-bond acceptors (Lipinski definition) is 2. The molecular formula is C12H19NS. The van der Waals surface area contributed by atoms with Crippen LogP contribution in [0.3, 0.4) is 0 Å². The number of allylic oxidation sites excluding steroid dienone is 4. The summed E-state index contributed by atoms with van der Waals surface area (Å²) in [7, 11) is 0. The fourth-order valence-corrected chi connectivity index (χ4v) is 1.49. The smallest absolute Gasteiger partial charge is 0.0949 e. The van der Waals surface area contributed by atoms with Crippen LogP contribution in [0.2, 0.25) is 0 Å². The van der Waals surface area contributed by atoms with Gasteiger partial charge in [0.25, 0.3) is 0 Å². The van der Waals surface area contributed by atoms with Crippen LogP contribution in [0.4, 0.5) is 0 Å². The third-order valence-corrected chi connectivity index (χ3v) is 3.13. The molecule has 0 bridgehead atoms. The zero-order valence-electron chi connectivity index (χ0n) is 9.14. The minimum absolute atomic E-state index is 0.121. The first-order chi connectivity index (χ1) is 6.65. The summed E-state index contributed by atoms with van der Waals surface area (Å²) in [6.45, 7) is 6.47. The van der Waals surface area contributed by atoms with Crippen molar-refractivity contribution in [2.75, 3.05) is 0 Å². The van der Waals surface area contributed by atoms with Crippen LogP contribution in [0.15, 0.2) is 29.3 Å². The van der Waals surface area contributed by atoms with Gasteiger partial charge in [-0.2, -0.15) is 12.6 Å². The molecule has 1 rings (SSSR count). The normalized spacial score (nSPS) is 26.1. The summed E-state index contributed by atoms with van der Waals surface area (Å²) < 4.78 is 0. The molecule has 78 valence electrons. The van der Waals surface area contributed by atoms with Crippen LogP contribution < -0.4 is 0 Å². The molecule has 0 fully saturated rings. The molecule has 0 spiro atoms. The quantitative estimate of drug-likeness (QED) is 0.683. The van der Waals surface area contributed by atoms with E-state index in [9.17, 15) is 0 Å². The van der Waals surface area contributed by atoms with Crippen molar-refractivity contribution in [3.05, 3.63) is 24.3 Å². The molecule has 2 unspecified atom stereocenters. The Morgan fingerprint density at radius 2 is 2.14 bits per heavy atom. The van der Waals surface area contributed by atoms with Gasteiger partial charge in [0.05, 0.1) is 5.37 Å². The summed E-state index contributed by atoms with van der Waals surface area (Å²) >= 11 is 4.47. The standard InChI is InChI=1S/C12H19NS/c1-4-10-7-5-6-8-11(10)13-12(14)9(2)3/h5-10,12,14H,4H2,1-3H3/b13-11-. The number of hydrogen-bond donors (Lipinski definition) is 1. The van der Waals surface area contributed by atoms with Gasteiger partial charge in [0.15, 0.2) is 0 Å². The topological polar surface area (TPSA) is 12.4 Å². The van der Waals surface area contributed by atoms with E-state index in [-0.39, 0.29) is 5.37 Å². The summed E-state index contributed by atoms with van der Waals surface area (Å²) in [4.78, 5) is 4.63. The molecule has 0 aliphatic heterocycles. The van der Waals surface area contributed by atoms with Crippen molar-refractivity contribution in [1.29, 1.82) is 0 Å². The van der Waals surface area contributed by atoms with Crippen molar-refractivity contribution in [3.8, 4) is 0 Å². The second kappa shape index (κ2) is 5.40. The molecule has 0 heterocycles. The Kier molecular flexibility index (Phi) is 4.46. The first kappa shape index (κ1) is 11.6. The minimum Gasteiger partial charge on any atom is -0.275 e. The van der Waals surface area contributed by atoms with Gasteiger partial charge in [-0.05, 0) is 18.4 Å². The molecule has 14 heavy (non-hydrogen) atoms. The van der Waals surface area contributed by atoms with E-state index >= 15 is 0 Å². The van der Waals surface area contributed by atoms with E-state index < -0.39 is 0 Å². The first-order valence-electron chi connectivity index (χ1n) is 5.25. The summed E-state index contributed by atoms with van der Waals surface area (Å²) in [6, 6.07) is 0. The minimum atomic E-state index is 0.121. The van der Waals surface area contributed by atoms with Crippen molar-refractivity contribution >= 4 is 18.3 Å². The van der Waals surface area contributed by atoms with Crippen molar-refractivity contribution in [3.63, 3.8) is 0 Å². The monoisotopic (exact) mass is 209 g/mol. The Bertz CT molecular complexity index is 263. The molecule has 2 atom stereocenters. The summed E-state index contributed by atoms with van der Waals surface area (Å²) in [5.74, 6) is 0.969. The molecule has 2 heteroatoms. The van der Waals surface area contributed by atoms with Gasteiger partial charge in [0, 0.05) is 11.6 Å². The van der Waals surface area contributed by atoms with E-state index in [1.54, 1.807) is 0 Å². The Morgan fingerprint density at radius 3 is 2.71 bits per heavy atom. The Morgan fingerprint density at radius 1 is 1.43 bits per heavy atom. The van der Waals surface area contributed by atoms with Crippen LogP contribution in [-0.2, 0) is 0 Å². The Hall–Kier alpha value is -0.500. The molecule has 0 saturated carbocycles. The number of thiol groups is 1. The van der Waals surface area contributed by atoms with Gasteiger partial charge in [0.2, 0.25) is 0 Å². The van der Waals surface area contributed by atoms with Crippen molar-refractivity contribution in [1.82, 2.24) is 0 Å². The molecule has 1 nitrogen and oxygen atoms in total. The average Bonchev–Trinajstić information content (AvgIpc) is 2.18. The maximum absolute atomic E-state index is 4.63. The number of aliphatic imine (C=N–C) groups is 1. The maximum Gasteiger partial charge on any atom is 0.0949 e. The van der Waals surface area contributed by atoms with Gasteiger partial charge >= 0.3 is 0 Å². The summed E-state index contributed by atoms with van der Waals surface area (Å²) in [5, 5.41) is 0.121. The first-order valence-corrected chi connectivity index (χ1v) is 5.77. The van der Waals surface area contributed by atoms with E-state index in [4.69, 9.17) is 0 Å². The predicted octanol–water partition coefficient (Wildman–Crippen LogP) is 3.49. The Labute approximate surface area is 92.4 Å². The molecule has 1 aliphatic rings. The van der Waals surface area contributed by atoms with Crippen molar-refractivity contribution < 1.29 is 0 Å². The number of rotatable bonds is 3. The highest BCUT2D eigenvalue weighted by atomic mass is 32.1. The van der Waals surface area contributed by atoms with Crippen molar-refractivity contribution in [2.24, 2.45) is 16.8 Å². The second-order valence-corrected chi connectivity index (χ2v) is 4.50. The fourth-order valence-electron chi connectivity index (χ4n) is 1.36. The van der Waals surface area contributed by atoms with E-state index in [0.29, 0.717) is 11.8 Å². The molecule has 0 N–H and O–H groups in total. The highest BCUT2D eigenvalue weighted by Gasteiger charge is 2.13. The zero-order valence-corrected chi connectivity index (χ0v) is 10.0. The van der Waals surface area contributed by atoms with Crippen molar-refractivity contribution in [2.45, 2.75) is 32.6 Å². The SMILES string of the molecule is CCC1C=CC=C/C1=N/C(S)C(C)C. The lowest BCUT2D eigenvalue weighted by atomic mass is 9.96. The lowest BCUT2D eigenvalue weighted by molar-refractivity contribution is 0.625. The van der Waals surface area contributed by atoms with Crippen LogP contribution >= 0.6 is 12.6 Å². The lowest BCUT2D eigenvalue weighted by Crippen LogP contribution is -2.15. The molecule has 0 aromatic carbocycles. The summed E-state index contributed by atoms with van der Waals surface area (Å²) in [6.07, 6.45) is 9.56. The highest BCUT2D eigenvalue weighted by molar-refractivity contribution is 7.80. The molecule has 0 aromatic heterocycles. The largest absolute Gasteiger partial charge is 0.275 e. The van der Waals surface area contributed by atoms with Crippen LogP contribution in [0.1, 0.15) is 27.2 Å². The van der Waals surface area contributed by atoms with Gasteiger partial charge in [-0.25, -0.2) is 0 Å². The van der Waals surface area contributed by atoms with E-state index in [0.717, 1.165) is 6.42 Å². The molecule has 1 aliphatic carbocycles.